The van der Waals surface area contributed by atoms with Crippen molar-refractivity contribution in [3.63, 3.8) is 0 Å². The molecular weight excluding hydrogens is 124 g/mol. The summed E-state index contributed by atoms with van der Waals surface area (Å²) in [7, 11) is 0. The van der Waals surface area contributed by atoms with E-state index in [1.165, 1.54) is 0 Å². The van der Waals surface area contributed by atoms with Gasteiger partial charge in [-0.25, -0.2) is 0 Å². The van der Waals surface area contributed by atoms with Crippen LogP contribution in [0.1, 0.15) is 12.8 Å². The van der Waals surface area contributed by atoms with E-state index in [9.17, 15) is 4.79 Å². The minimum Gasteiger partial charge on any atom is -0.294 e. The number of rotatable bonds is 2. The van der Waals surface area contributed by atoms with E-state index >= 15 is 0 Å². The molecule has 0 N–H and O–H groups in total. The summed E-state index contributed by atoms with van der Waals surface area (Å²) in [6.45, 7) is 7.18. The summed E-state index contributed by atoms with van der Waals surface area (Å²) >= 11 is 0. The van der Waals surface area contributed by atoms with Crippen LogP contribution in [0, 0.1) is 0 Å². The zero-order valence-corrected chi connectivity index (χ0v) is 5.89. The molecule has 0 bridgehead atoms. The monoisotopic (exact) mass is 134 g/mol. The Kier molecular flexibility index (Phi) is 1.86. The van der Waals surface area contributed by atoms with E-state index < -0.39 is 0 Å². The molecule has 1 aliphatic rings. The third kappa shape index (κ3) is 0.947. The standard InChI is InChI=1S/C9H10O/c1-3-7-5-6-9(10)8(7)4-2/h3-4H,1-2,5-6H2. The maximum Gasteiger partial charge on any atom is 0.163 e. The van der Waals surface area contributed by atoms with Gasteiger partial charge in [-0.15, -0.1) is 0 Å². The van der Waals surface area contributed by atoms with Crippen molar-refractivity contribution in [2.24, 2.45) is 0 Å². The zero-order valence-electron chi connectivity index (χ0n) is 5.89. The fraction of sp³-hybridized carbons (Fsp3) is 0.222. The summed E-state index contributed by atoms with van der Waals surface area (Å²) in [6, 6.07) is 0. The molecule has 1 nitrogen and oxygen atoms in total. The lowest BCUT2D eigenvalue weighted by molar-refractivity contribution is -0.114. The largest absolute Gasteiger partial charge is 0.294 e. The van der Waals surface area contributed by atoms with Crippen molar-refractivity contribution in [1.29, 1.82) is 0 Å². The lowest BCUT2D eigenvalue weighted by Gasteiger charge is -1.90. The second-order valence-electron chi connectivity index (χ2n) is 2.27. The van der Waals surface area contributed by atoms with Crippen LogP contribution in [0.3, 0.4) is 0 Å². The first-order valence-electron chi connectivity index (χ1n) is 3.31. The quantitative estimate of drug-likeness (QED) is 0.564. The van der Waals surface area contributed by atoms with Crippen LogP contribution >= 0.6 is 0 Å². The van der Waals surface area contributed by atoms with Gasteiger partial charge in [-0.1, -0.05) is 25.3 Å². The van der Waals surface area contributed by atoms with E-state index in [0.717, 1.165) is 17.6 Å². The van der Waals surface area contributed by atoms with Crippen LogP contribution < -0.4 is 0 Å². The predicted molar refractivity (Wildman–Crippen MR) is 41.7 cm³/mol. The van der Waals surface area contributed by atoms with E-state index in [1.807, 2.05) is 0 Å². The van der Waals surface area contributed by atoms with Gasteiger partial charge in [0.05, 0.1) is 0 Å². The van der Waals surface area contributed by atoms with Gasteiger partial charge >= 0.3 is 0 Å². The molecule has 0 atom stereocenters. The molecule has 0 heterocycles. The molecule has 1 aliphatic carbocycles. The van der Waals surface area contributed by atoms with Crippen LogP contribution in [0.5, 0.6) is 0 Å². The number of hydrogen-bond donors (Lipinski definition) is 0. The van der Waals surface area contributed by atoms with Crippen molar-refractivity contribution < 1.29 is 4.79 Å². The fourth-order valence-electron chi connectivity index (χ4n) is 1.15. The van der Waals surface area contributed by atoms with Gasteiger partial charge in [-0.3, -0.25) is 4.79 Å². The van der Waals surface area contributed by atoms with Gasteiger partial charge in [0.25, 0.3) is 0 Å². The average molecular weight is 134 g/mol. The second-order valence-corrected chi connectivity index (χ2v) is 2.27. The molecule has 0 aromatic heterocycles. The fourth-order valence-corrected chi connectivity index (χ4v) is 1.15. The Morgan fingerprint density at radius 2 is 1.90 bits per heavy atom. The van der Waals surface area contributed by atoms with Gasteiger partial charge in [-0.2, -0.15) is 0 Å². The molecule has 52 valence electrons. The van der Waals surface area contributed by atoms with E-state index in [0.29, 0.717) is 6.42 Å². The summed E-state index contributed by atoms with van der Waals surface area (Å²) < 4.78 is 0. The lowest BCUT2D eigenvalue weighted by atomic mass is 10.1. The molecule has 0 aromatic rings. The highest BCUT2D eigenvalue weighted by Gasteiger charge is 2.17. The normalized spacial score (nSPS) is 17.8. The van der Waals surface area contributed by atoms with Crippen LogP contribution in [-0.2, 0) is 4.79 Å². The summed E-state index contributed by atoms with van der Waals surface area (Å²) in [6.07, 6.45) is 4.82. The topological polar surface area (TPSA) is 17.1 Å². The molecule has 0 unspecified atom stereocenters. The van der Waals surface area contributed by atoms with Crippen LogP contribution in [0.4, 0.5) is 0 Å². The Bertz CT molecular complexity index is 221. The number of carbonyl (C=O) groups is 1. The predicted octanol–water partition coefficient (Wildman–Crippen LogP) is 2.02. The van der Waals surface area contributed by atoms with E-state index in [1.54, 1.807) is 12.2 Å². The minimum atomic E-state index is 0.199. The van der Waals surface area contributed by atoms with Crippen molar-refractivity contribution in [1.82, 2.24) is 0 Å². The molecule has 1 heteroatoms. The van der Waals surface area contributed by atoms with Crippen LogP contribution in [-0.4, -0.2) is 5.78 Å². The highest BCUT2D eigenvalue weighted by atomic mass is 16.1. The Labute approximate surface area is 60.7 Å². The third-order valence-electron chi connectivity index (χ3n) is 1.72. The van der Waals surface area contributed by atoms with Gasteiger partial charge in [0, 0.05) is 12.0 Å². The summed E-state index contributed by atoms with van der Waals surface area (Å²) in [5, 5.41) is 0. The first kappa shape index (κ1) is 7.00. The third-order valence-corrected chi connectivity index (χ3v) is 1.72. The second kappa shape index (κ2) is 2.65. The molecule has 10 heavy (non-hydrogen) atoms. The minimum absolute atomic E-state index is 0.199. The molecule has 0 saturated carbocycles. The van der Waals surface area contributed by atoms with Gasteiger partial charge in [-0.05, 0) is 12.0 Å². The summed E-state index contributed by atoms with van der Waals surface area (Å²) in [5.41, 5.74) is 1.80. The maximum absolute atomic E-state index is 11.0. The van der Waals surface area contributed by atoms with Crippen molar-refractivity contribution in [3.05, 3.63) is 36.5 Å². The van der Waals surface area contributed by atoms with Crippen LogP contribution in [0.2, 0.25) is 0 Å². The highest BCUT2D eigenvalue weighted by Crippen LogP contribution is 2.23. The average Bonchev–Trinajstić information content (AvgIpc) is 2.30. The van der Waals surface area contributed by atoms with Crippen molar-refractivity contribution in [2.45, 2.75) is 12.8 Å². The Balaban J connectivity index is 3.02. The Morgan fingerprint density at radius 1 is 1.20 bits per heavy atom. The van der Waals surface area contributed by atoms with Crippen molar-refractivity contribution in [3.8, 4) is 0 Å². The number of allylic oxidation sites excluding steroid dienone is 4. The lowest BCUT2D eigenvalue weighted by Crippen LogP contribution is -1.91. The number of hydrogen-bond acceptors (Lipinski definition) is 1. The molecule has 0 radical (unpaired) electrons. The smallest absolute Gasteiger partial charge is 0.163 e. The Hall–Kier alpha value is -1.11. The molecule has 0 fully saturated rings. The molecule has 0 spiro atoms. The highest BCUT2D eigenvalue weighted by molar-refractivity contribution is 6.01. The van der Waals surface area contributed by atoms with Crippen LogP contribution in [0.25, 0.3) is 0 Å². The Morgan fingerprint density at radius 3 is 2.30 bits per heavy atom. The molecule has 1 rings (SSSR count). The van der Waals surface area contributed by atoms with Crippen LogP contribution in [0.15, 0.2) is 36.5 Å². The molecule has 0 aromatic carbocycles. The first-order valence-corrected chi connectivity index (χ1v) is 3.31. The van der Waals surface area contributed by atoms with Gasteiger partial charge < -0.3 is 0 Å². The molecule has 0 saturated heterocycles. The first-order chi connectivity index (χ1) is 4.79. The molecular formula is C9H10O. The maximum atomic E-state index is 11.0. The van der Waals surface area contributed by atoms with Gasteiger partial charge in [0.2, 0.25) is 0 Å². The van der Waals surface area contributed by atoms with E-state index in [2.05, 4.69) is 13.2 Å². The summed E-state index contributed by atoms with van der Waals surface area (Å²) in [4.78, 5) is 11.0. The van der Waals surface area contributed by atoms with Crippen molar-refractivity contribution in [2.75, 3.05) is 0 Å². The van der Waals surface area contributed by atoms with Gasteiger partial charge in [0.1, 0.15) is 0 Å². The van der Waals surface area contributed by atoms with Gasteiger partial charge in [0.15, 0.2) is 5.78 Å². The molecule has 0 amide bonds. The van der Waals surface area contributed by atoms with Crippen molar-refractivity contribution >= 4 is 5.78 Å². The SMILES string of the molecule is C=CC1=C(C=C)C(=O)CC1. The molecule has 0 aliphatic heterocycles. The zero-order chi connectivity index (χ0) is 7.56. The van der Waals surface area contributed by atoms with E-state index in [-0.39, 0.29) is 5.78 Å². The number of ketones is 1. The number of carbonyl (C=O) groups excluding carboxylic acids is 1. The number of Topliss-reactive ketones (excluding diaryl/α,β-unsaturated/α-hetero) is 1. The van der Waals surface area contributed by atoms with E-state index in [4.69, 9.17) is 0 Å². The summed E-state index contributed by atoms with van der Waals surface area (Å²) in [5.74, 6) is 0.199.